The van der Waals surface area contributed by atoms with Crippen molar-refractivity contribution in [1.29, 1.82) is 0 Å². The lowest BCUT2D eigenvalue weighted by Gasteiger charge is -2.19. The van der Waals surface area contributed by atoms with Gasteiger partial charge in [0, 0.05) is 17.3 Å². The molecule has 4 rings (SSSR count). The van der Waals surface area contributed by atoms with Crippen molar-refractivity contribution in [2.75, 3.05) is 12.0 Å². The van der Waals surface area contributed by atoms with Crippen LogP contribution in [0.4, 0.5) is 24.5 Å². The Morgan fingerprint density at radius 2 is 1.72 bits per heavy atom. The number of methoxy groups -OCH3 is 1. The number of ether oxygens (including phenoxy) is 1. The number of fused-ring (bicyclic) bond motifs is 1. The fourth-order valence-corrected chi connectivity index (χ4v) is 3.63. The summed E-state index contributed by atoms with van der Waals surface area (Å²) in [5.74, 6) is -1.94. The first kappa shape index (κ1) is 24.3. The summed E-state index contributed by atoms with van der Waals surface area (Å²) in [6.07, 6.45) is -3.50. The van der Waals surface area contributed by atoms with Gasteiger partial charge in [-0.25, -0.2) is 4.79 Å². The fourth-order valence-electron chi connectivity index (χ4n) is 3.63. The average Bonchev–Trinajstić information content (AvgIpc) is 3.14. The number of alkyl halides is 3. The number of carboxylic acid groups (broad SMARTS) is 1. The third kappa shape index (κ3) is 4.71. The van der Waals surface area contributed by atoms with Crippen LogP contribution >= 0.6 is 0 Å². The number of halogens is 3. The summed E-state index contributed by atoms with van der Waals surface area (Å²) in [5, 5.41) is 9.29. The van der Waals surface area contributed by atoms with Crippen LogP contribution < -0.4 is 20.5 Å². The maximum Gasteiger partial charge on any atom is 0.416 e. The van der Waals surface area contributed by atoms with E-state index >= 15 is 0 Å². The first-order valence-corrected chi connectivity index (χ1v) is 10.4. The molecule has 0 aliphatic carbocycles. The lowest BCUT2D eigenvalue weighted by Crippen LogP contribution is -2.34. The zero-order valence-corrected chi connectivity index (χ0v) is 18.6. The Balaban J connectivity index is 1.67. The molecule has 2 amide bonds. The van der Waals surface area contributed by atoms with E-state index in [1.165, 1.54) is 43.5 Å². The van der Waals surface area contributed by atoms with Crippen molar-refractivity contribution in [3.8, 4) is 5.75 Å². The topological polar surface area (TPSA) is 108 Å². The number of nitrogens with zero attached hydrogens (tertiary/aromatic N) is 1. The van der Waals surface area contributed by atoms with Crippen molar-refractivity contribution in [1.82, 2.24) is 10.9 Å². The van der Waals surface area contributed by atoms with E-state index in [-0.39, 0.29) is 28.1 Å². The molecule has 8 nitrogen and oxygen atoms in total. The summed E-state index contributed by atoms with van der Waals surface area (Å²) < 4.78 is 45.2. The molecule has 36 heavy (non-hydrogen) atoms. The fraction of sp³-hybridized carbons (Fsp3) is 0.0800. The van der Waals surface area contributed by atoms with Gasteiger partial charge >= 0.3 is 12.1 Å². The first-order valence-electron chi connectivity index (χ1n) is 10.4. The Morgan fingerprint density at radius 3 is 2.36 bits per heavy atom. The van der Waals surface area contributed by atoms with Crippen molar-refractivity contribution < 1.29 is 37.4 Å². The van der Waals surface area contributed by atoms with E-state index in [4.69, 9.17) is 4.74 Å². The quantitative estimate of drug-likeness (QED) is 0.345. The number of rotatable bonds is 6. The molecule has 1 heterocycles. The number of benzene rings is 3. The van der Waals surface area contributed by atoms with Crippen molar-refractivity contribution >= 4 is 34.7 Å². The Morgan fingerprint density at radius 1 is 1.00 bits per heavy atom. The number of nitrogens with one attached hydrogen (secondary N) is 2. The van der Waals surface area contributed by atoms with Gasteiger partial charge in [-0.1, -0.05) is 12.1 Å². The molecule has 1 aliphatic heterocycles. The molecular formula is C25H18F3N3O5. The lowest BCUT2D eigenvalue weighted by atomic mass is 10.1. The molecule has 0 atom stereocenters. The van der Waals surface area contributed by atoms with Gasteiger partial charge in [-0.05, 0) is 54.6 Å². The molecule has 11 heteroatoms. The smallest absolute Gasteiger partial charge is 0.416 e. The van der Waals surface area contributed by atoms with Crippen LogP contribution in [-0.4, -0.2) is 30.0 Å². The summed E-state index contributed by atoms with van der Waals surface area (Å²) in [7, 11) is 1.48. The van der Waals surface area contributed by atoms with Crippen molar-refractivity contribution in [2.24, 2.45) is 0 Å². The number of carbonyl (C=O) groups excluding carboxylic acids is 2. The van der Waals surface area contributed by atoms with E-state index < -0.39 is 29.5 Å². The van der Waals surface area contributed by atoms with Crippen LogP contribution in [0.15, 0.2) is 72.9 Å². The van der Waals surface area contributed by atoms with E-state index in [0.29, 0.717) is 11.3 Å². The van der Waals surface area contributed by atoms with Crippen LogP contribution in [0, 0.1) is 0 Å². The van der Waals surface area contributed by atoms with E-state index in [9.17, 15) is 32.7 Å². The molecule has 0 bridgehead atoms. The predicted octanol–water partition coefficient (Wildman–Crippen LogP) is 4.37. The summed E-state index contributed by atoms with van der Waals surface area (Å²) in [4.78, 5) is 38.0. The molecule has 184 valence electrons. The molecule has 0 saturated heterocycles. The number of hydrogen-bond acceptors (Lipinski definition) is 5. The monoisotopic (exact) mass is 497 g/mol. The van der Waals surface area contributed by atoms with E-state index in [0.717, 1.165) is 29.3 Å². The highest BCUT2D eigenvalue weighted by atomic mass is 19.4. The highest BCUT2D eigenvalue weighted by molar-refractivity contribution is 6.35. The molecule has 3 aromatic rings. The second kappa shape index (κ2) is 9.45. The maximum atomic E-state index is 13.4. The number of carboxylic acids is 1. The molecule has 0 fully saturated rings. The largest absolute Gasteiger partial charge is 0.497 e. The van der Waals surface area contributed by atoms with Crippen LogP contribution in [-0.2, 0) is 11.0 Å². The molecule has 0 radical (unpaired) electrons. The Bertz CT molecular complexity index is 1380. The second-order valence-electron chi connectivity index (χ2n) is 7.61. The SMILES string of the molecule is COc1ccc(C(=O)NN/C=C2\C(=O)N(c3cccc(C(=O)O)c3)c3cc(C(F)(F)F)ccc32)cc1. The predicted molar refractivity (Wildman–Crippen MR) is 124 cm³/mol. The van der Waals surface area contributed by atoms with Crippen LogP contribution in [0.25, 0.3) is 5.57 Å². The number of hydrogen-bond donors (Lipinski definition) is 3. The third-order valence-electron chi connectivity index (χ3n) is 5.40. The number of carbonyl (C=O) groups is 3. The van der Waals surface area contributed by atoms with Crippen LogP contribution in [0.1, 0.15) is 31.8 Å². The summed E-state index contributed by atoms with van der Waals surface area (Å²) in [6, 6.07) is 14.3. The summed E-state index contributed by atoms with van der Waals surface area (Å²) in [5.41, 5.74) is 4.22. The molecule has 0 saturated carbocycles. The average molecular weight is 497 g/mol. The van der Waals surface area contributed by atoms with Gasteiger partial charge in [-0.15, -0.1) is 0 Å². The third-order valence-corrected chi connectivity index (χ3v) is 5.40. The van der Waals surface area contributed by atoms with Gasteiger partial charge in [-0.3, -0.25) is 19.9 Å². The molecular weight excluding hydrogens is 479 g/mol. The van der Waals surface area contributed by atoms with Gasteiger partial charge < -0.3 is 15.3 Å². The molecule has 1 aliphatic rings. The van der Waals surface area contributed by atoms with Gasteiger partial charge in [0.25, 0.3) is 11.8 Å². The number of hydrazine groups is 1. The van der Waals surface area contributed by atoms with Gasteiger partial charge in [0.15, 0.2) is 0 Å². The molecule has 0 spiro atoms. The minimum Gasteiger partial charge on any atom is -0.497 e. The highest BCUT2D eigenvalue weighted by Crippen LogP contribution is 2.44. The van der Waals surface area contributed by atoms with Crippen LogP contribution in [0.5, 0.6) is 5.75 Å². The standard InChI is InChI=1S/C25H18F3N3O5/c1-36-18-8-5-14(6-9-18)22(32)30-29-13-20-19-10-7-16(25(26,27)28)12-21(19)31(23(20)33)17-4-2-3-15(11-17)24(34)35/h2-13,29H,1H3,(H,30,32)(H,34,35)/b20-13-. The highest BCUT2D eigenvalue weighted by Gasteiger charge is 2.38. The summed E-state index contributed by atoms with van der Waals surface area (Å²) in [6.45, 7) is 0. The Kier molecular flexibility index (Phi) is 6.39. The second-order valence-corrected chi connectivity index (χ2v) is 7.61. The first-order chi connectivity index (χ1) is 17.1. The zero-order valence-electron chi connectivity index (χ0n) is 18.6. The van der Waals surface area contributed by atoms with Crippen LogP contribution in [0.3, 0.4) is 0 Å². The number of aromatic carboxylic acids is 1. The van der Waals surface area contributed by atoms with Crippen molar-refractivity contribution in [2.45, 2.75) is 6.18 Å². The van der Waals surface area contributed by atoms with Gasteiger partial charge in [0.05, 0.1) is 35.2 Å². The molecule has 3 aromatic carbocycles. The Labute approximate surface area is 202 Å². The van der Waals surface area contributed by atoms with E-state index in [1.807, 2.05) is 0 Å². The maximum absolute atomic E-state index is 13.4. The van der Waals surface area contributed by atoms with Crippen molar-refractivity contribution in [3.05, 3.63) is 95.2 Å². The van der Waals surface area contributed by atoms with Gasteiger partial charge in [-0.2, -0.15) is 13.2 Å². The number of anilines is 2. The van der Waals surface area contributed by atoms with Gasteiger partial charge in [0.1, 0.15) is 5.75 Å². The van der Waals surface area contributed by atoms with E-state index in [1.54, 1.807) is 12.1 Å². The minimum atomic E-state index is -4.66. The Hall–Kier alpha value is -4.80. The normalized spacial score (nSPS) is 13.9. The number of amides is 2. The van der Waals surface area contributed by atoms with Crippen molar-refractivity contribution in [3.63, 3.8) is 0 Å². The molecule has 0 unspecified atom stereocenters. The lowest BCUT2D eigenvalue weighted by molar-refractivity contribution is -0.137. The molecule has 0 aromatic heterocycles. The summed E-state index contributed by atoms with van der Waals surface area (Å²) >= 11 is 0. The zero-order chi connectivity index (χ0) is 26.0. The van der Waals surface area contributed by atoms with Gasteiger partial charge in [0.2, 0.25) is 0 Å². The van der Waals surface area contributed by atoms with Crippen LogP contribution in [0.2, 0.25) is 0 Å². The van der Waals surface area contributed by atoms with E-state index in [2.05, 4.69) is 10.9 Å². The molecule has 3 N–H and O–H groups in total. The minimum absolute atomic E-state index is 0.0329.